The fraction of sp³-hybridized carbons (Fsp3) is 0.188. The standard InChI is InChI=1S/C16H13NO5/c1-8-3-4-11-10(6-13(18)19)7-22-16-9(2)5-12(17(20)21)14(8)15(11)16/h3-6H,7H2,1-2H3,(H,18,19). The fourth-order valence-corrected chi connectivity index (χ4v) is 2.91. The summed E-state index contributed by atoms with van der Waals surface area (Å²) in [5, 5.41) is 21.5. The van der Waals surface area contributed by atoms with Crippen LogP contribution < -0.4 is 4.74 Å². The molecule has 3 rings (SSSR count). The number of aryl methyl sites for hydroxylation is 2. The van der Waals surface area contributed by atoms with Crippen molar-refractivity contribution in [1.29, 1.82) is 0 Å². The van der Waals surface area contributed by atoms with Crippen molar-refractivity contribution in [2.24, 2.45) is 0 Å². The first-order valence-corrected chi connectivity index (χ1v) is 6.68. The van der Waals surface area contributed by atoms with Gasteiger partial charge in [-0.2, -0.15) is 0 Å². The van der Waals surface area contributed by atoms with Crippen LogP contribution in [0.1, 0.15) is 16.7 Å². The van der Waals surface area contributed by atoms with E-state index in [4.69, 9.17) is 9.84 Å². The van der Waals surface area contributed by atoms with Crippen LogP contribution in [-0.4, -0.2) is 22.6 Å². The van der Waals surface area contributed by atoms with Crippen LogP contribution in [0.25, 0.3) is 16.3 Å². The number of nitro benzene ring substituents is 1. The van der Waals surface area contributed by atoms with Crippen molar-refractivity contribution >= 4 is 28.0 Å². The molecule has 0 unspecified atom stereocenters. The summed E-state index contributed by atoms with van der Waals surface area (Å²) >= 11 is 0. The quantitative estimate of drug-likeness (QED) is 0.522. The summed E-state index contributed by atoms with van der Waals surface area (Å²) in [6.07, 6.45) is 1.08. The van der Waals surface area contributed by atoms with E-state index >= 15 is 0 Å². The monoisotopic (exact) mass is 299 g/mol. The summed E-state index contributed by atoms with van der Waals surface area (Å²) in [6.45, 7) is 3.68. The van der Waals surface area contributed by atoms with E-state index < -0.39 is 10.9 Å². The molecule has 6 heteroatoms. The lowest BCUT2D eigenvalue weighted by atomic mass is 9.90. The first-order chi connectivity index (χ1) is 10.4. The van der Waals surface area contributed by atoms with E-state index in [-0.39, 0.29) is 12.3 Å². The summed E-state index contributed by atoms with van der Waals surface area (Å²) in [7, 11) is 0. The molecule has 1 aliphatic heterocycles. The molecule has 0 atom stereocenters. The highest BCUT2D eigenvalue weighted by molar-refractivity contribution is 6.08. The average Bonchev–Trinajstić information content (AvgIpc) is 2.44. The molecule has 0 radical (unpaired) electrons. The maximum Gasteiger partial charge on any atom is 0.328 e. The van der Waals surface area contributed by atoms with Crippen molar-refractivity contribution in [3.63, 3.8) is 0 Å². The van der Waals surface area contributed by atoms with Gasteiger partial charge in [-0.3, -0.25) is 10.1 Å². The summed E-state index contributed by atoms with van der Waals surface area (Å²) in [4.78, 5) is 21.9. The Balaban J connectivity index is 2.49. The summed E-state index contributed by atoms with van der Waals surface area (Å²) < 4.78 is 5.68. The molecule has 0 bridgehead atoms. The number of non-ortho nitro benzene ring substituents is 1. The van der Waals surface area contributed by atoms with Gasteiger partial charge in [-0.1, -0.05) is 12.1 Å². The second kappa shape index (κ2) is 4.84. The highest BCUT2D eigenvalue weighted by atomic mass is 16.6. The highest BCUT2D eigenvalue weighted by Crippen LogP contribution is 2.44. The molecule has 0 amide bonds. The second-order valence-corrected chi connectivity index (χ2v) is 5.28. The van der Waals surface area contributed by atoms with Crippen molar-refractivity contribution in [2.45, 2.75) is 13.8 Å². The number of hydrogen-bond donors (Lipinski definition) is 1. The summed E-state index contributed by atoms with van der Waals surface area (Å²) in [5.74, 6) is -0.486. The number of benzene rings is 2. The maximum atomic E-state index is 11.4. The largest absolute Gasteiger partial charge is 0.488 e. The van der Waals surface area contributed by atoms with Crippen LogP contribution in [0.5, 0.6) is 5.75 Å². The van der Waals surface area contributed by atoms with Crippen LogP contribution in [-0.2, 0) is 4.79 Å². The van der Waals surface area contributed by atoms with Crippen molar-refractivity contribution in [3.8, 4) is 5.75 Å². The Hall–Kier alpha value is -2.89. The van der Waals surface area contributed by atoms with Crippen LogP contribution in [0, 0.1) is 24.0 Å². The first kappa shape index (κ1) is 14.1. The molecule has 0 aromatic heterocycles. The van der Waals surface area contributed by atoms with Gasteiger partial charge in [0.1, 0.15) is 12.4 Å². The third-order valence-corrected chi connectivity index (χ3v) is 3.82. The lowest BCUT2D eigenvalue weighted by Crippen LogP contribution is -2.11. The zero-order chi connectivity index (χ0) is 16.0. The number of carbonyl (C=O) groups is 1. The van der Waals surface area contributed by atoms with Gasteiger partial charge in [-0.05, 0) is 30.5 Å². The van der Waals surface area contributed by atoms with Gasteiger partial charge in [0.05, 0.1) is 10.3 Å². The molecule has 22 heavy (non-hydrogen) atoms. The van der Waals surface area contributed by atoms with Crippen molar-refractivity contribution in [3.05, 3.63) is 51.1 Å². The molecule has 112 valence electrons. The lowest BCUT2D eigenvalue weighted by Gasteiger charge is -2.23. The highest BCUT2D eigenvalue weighted by Gasteiger charge is 2.26. The molecule has 0 aliphatic carbocycles. The third-order valence-electron chi connectivity index (χ3n) is 3.82. The summed E-state index contributed by atoms with van der Waals surface area (Å²) in [6, 6.07) is 5.06. The minimum absolute atomic E-state index is 0.00998. The van der Waals surface area contributed by atoms with Gasteiger partial charge in [-0.25, -0.2) is 4.79 Å². The molecular weight excluding hydrogens is 286 g/mol. The van der Waals surface area contributed by atoms with Crippen LogP contribution in [0.4, 0.5) is 5.69 Å². The van der Waals surface area contributed by atoms with Gasteiger partial charge >= 0.3 is 5.97 Å². The second-order valence-electron chi connectivity index (χ2n) is 5.28. The van der Waals surface area contributed by atoms with Gasteiger partial charge in [-0.15, -0.1) is 0 Å². The predicted octanol–water partition coefficient (Wildman–Crippen LogP) is 3.23. The molecular formula is C16H13NO5. The Kier molecular flexibility index (Phi) is 3.09. The van der Waals surface area contributed by atoms with Gasteiger partial charge in [0.2, 0.25) is 0 Å². The van der Waals surface area contributed by atoms with Crippen LogP contribution in [0.2, 0.25) is 0 Å². The molecule has 0 saturated heterocycles. The normalized spacial score (nSPS) is 14.9. The molecule has 0 saturated carbocycles. The predicted molar refractivity (Wildman–Crippen MR) is 81.2 cm³/mol. The van der Waals surface area contributed by atoms with E-state index in [9.17, 15) is 14.9 Å². The number of ether oxygens (including phenoxy) is 1. The van der Waals surface area contributed by atoms with Crippen molar-refractivity contribution in [2.75, 3.05) is 6.61 Å². The van der Waals surface area contributed by atoms with Gasteiger partial charge < -0.3 is 9.84 Å². The fourth-order valence-electron chi connectivity index (χ4n) is 2.91. The topological polar surface area (TPSA) is 89.7 Å². The Morgan fingerprint density at radius 2 is 2.05 bits per heavy atom. The maximum absolute atomic E-state index is 11.4. The van der Waals surface area contributed by atoms with Crippen LogP contribution >= 0.6 is 0 Å². The molecule has 0 spiro atoms. The van der Waals surface area contributed by atoms with Crippen LogP contribution in [0.3, 0.4) is 0 Å². The van der Waals surface area contributed by atoms with E-state index in [0.717, 1.165) is 11.6 Å². The molecule has 2 aromatic carbocycles. The molecule has 1 aliphatic rings. The van der Waals surface area contributed by atoms with E-state index in [1.54, 1.807) is 26.0 Å². The molecule has 1 N–H and O–H groups in total. The van der Waals surface area contributed by atoms with Crippen LogP contribution in [0.15, 0.2) is 24.3 Å². The van der Waals surface area contributed by atoms with Crippen molar-refractivity contribution < 1.29 is 19.6 Å². The number of hydrogen-bond acceptors (Lipinski definition) is 4. The number of nitrogens with zero attached hydrogens (tertiary/aromatic N) is 1. The zero-order valence-electron chi connectivity index (χ0n) is 12.0. The Bertz CT molecular complexity index is 867. The van der Waals surface area contributed by atoms with Crippen molar-refractivity contribution in [1.82, 2.24) is 0 Å². The lowest BCUT2D eigenvalue weighted by molar-refractivity contribution is -0.383. The molecule has 2 aromatic rings. The van der Waals surface area contributed by atoms with Gasteiger partial charge in [0.15, 0.2) is 0 Å². The van der Waals surface area contributed by atoms with Gasteiger partial charge in [0, 0.05) is 23.1 Å². The SMILES string of the molecule is Cc1cc([N+](=O)[O-])c2c(C)ccc3c2c1OCC3=CC(=O)O. The Morgan fingerprint density at radius 3 is 2.68 bits per heavy atom. The number of rotatable bonds is 2. The smallest absolute Gasteiger partial charge is 0.328 e. The minimum Gasteiger partial charge on any atom is -0.488 e. The van der Waals surface area contributed by atoms with Gasteiger partial charge in [0.25, 0.3) is 5.69 Å². The van der Waals surface area contributed by atoms with E-state index in [1.807, 2.05) is 0 Å². The first-order valence-electron chi connectivity index (χ1n) is 6.68. The number of nitro groups is 1. The Labute approximate surface area is 125 Å². The third kappa shape index (κ3) is 2.00. The van der Waals surface area contributed by atoms with E-state index in [0.29, 0.717) is 33.2 Å². The number of carboxylic acids is 1. The molecule has 1 heterocycles. The van der Waals surface area contributed by atoms with E-state index in [1.165, 1.54) is 6.07 Å². The minimum atomic E-state index is -1.07. The molecule has 6 nitrogen and oxygen atoms in total. The zero-order valence-corrected chi connectivity index (χ0v) is 12.0. The molecule has 0 fully saturated rings. The number of carboxylic acid groups (broad SMARTS) is 1. The summed E-state index contributed by atoms with van der Waals surface area (Å²) in [5.41, 5.74) is 2.61. The number of aliphatic carboxylic acids is 1. The van der Waals surface area contributed by atoms with E-state index in [2.05, 4.69) is 0 Å². The Morgan fingerprint density at radius 1 is 1.32 bits per heavy atom. The average molecular weight is 299 g/mol.